The Morgan fingerprint density at radius 1 is 1.65 bits per heavy atom. The number of nitrogens with zero attached hydrogens (tertiary/aromatic N) is 3. The molecule has 7 heteroatoms. The van der Waals surface area contributed by atoms with Crippen molar-refractivity contribution in [2.75, 3.05) is 11.9 Å². The van der Waals surface area contributed by atoms with E-state index in [2.05, 4.69) is 27.4 Å². The van der Waals surface area contributed by atoms with Gasteiger partial charge in [0.05, 0.1) is 0 Å². The minimum Gasteiger partial charge on any atom is -0.366 e. The van der Waals surface area contributed by atoms with E-state index in [0.717, 1.165) is 12.8 Å². The SMILES string of the molecule is CCCC(CN)Nc1cc2n[nH]c(=O)n2cn1. The molecule has 2 heterocycles. The predicted octanol–water partition coefficient (Wildman–Crippen LogP) is -0.0431. The molecular formula is C10H16N6O. The Morgan fingerprint density at radius 2 is 2.47 bits per heavy atom. The van der Waals surface area contributed by atoms with Crippen LogP contribution in [0, 0.1) is 0 Å². The summed E-state index contributed by atoms with van der Waals surface area (Å²) < 4.78 is 1.35. The van der Waals surface area contributed by atoms with Crippen LogP contribution in [0.2, 0.25) is 0 Å². The third-order valence-corrected chi connectivity index (χ3v) is 2.58. The second-order valence-corrected chi connectivity index (χ2v) is 3.90. The molecule has 2 rings (SSSR count). The topological polar surface area (TPSA) is 101 Å². The minimum absolute atomic E-state index is 0.195. The summed E-state index contributed by atoms with van der Waals surface area (Å²) in [6.07, 6.45) is 3.48. The molecule has 2 aromatic rings. The molecule has 4 N–H and O–H groups in total. The molecule has 0 spiro atoms. The van der Waals surface area contributed by atoms with Gasteiger partial charge in [0.1, 0.15) is 12.1 Å². The van der Waals surface area contributed by atoms with E-state index in [9.17, 15) is 4.79 Å². The Labute approximate surface area is 98.1 Å². The van der Waals surface area contributed by atoms with Gasteiger partial charge in [0.2, 0.25) is 0 Å². The lowest BCUT2D eigenvalue weighted by atomic mass is 10.2. The van der Waals surface area contributed by atoms with Gasteiger partial charge < -0.3 is 11.1 Å². The van der Waals surface area contributed by atoms with Gasteiger partial charge in [0.25, 0.3) is 0 Å². The van der Waals surface area contributed by atoms with Crippen LogP contribution in [-0.4, -0.2) is 32.2 Å². The first-order valence-corrected chi connectivity index (χ1v) is 5.64. The van der Waals surface area contributed by atoms with Gasteiger partial charge in [0.15, 0.2) is 5.65 Å². The van der Waals surface area contributed by atoms with Crippen molar-refractivity contribution in [3.63, 3.8) is 0 Å². The Bertz CT molecular complexity index is 545. The first-order chi connectivity index (χ1) is 8.24. The van der Waals surface area contributed by atoms with Crippen LogP contribution in [-0.2, 0) is 0 Å². The molecular weight excluding hydrogens is 220 g/mol. The molecule has 0 aliphatic carbocycles. The summed E-state index contributed by atoms with van der Waals surface area (Å²) in [6, 6.07) is 1.91. The molecule has 1 atom stereocenters. The van der Waals surface area contributed by atoms with E-state index in [4.69, 9.17) is 5.73 Å². The number of aromatic nitrogens is 4. The lowest BCUT2D eigenvalue weighted by Crippen LogP contribution is -2.29. The van der Waals surface area contributed by atoms with Crippen molar-refractivity contribution in [1.82, 2.24) is 19.6 Å². The fourth-order valence-corrected chi connectivity index (χ4v) is 1.70. The van der Waals surface area contributed by atoms with Crippen LogP contribution in [0.15, 0.2) is 17.2 Å². The molecule has 0 aliphatic heterocycles. The summed E-state index contributed by atoms with van der Waals surface area (Å²) in [5.74, 6) is 0.681. The van der Waals surface area contributed by atoms with Gasteiger partial charge in [-0.05, 0) is 6.42 Å². The van der Waals surface area contributed by atoms with Crippen molar-refractivity contribution >= 4 is 11.5 Å². The van der Waals surface area contributed by atoms with E-state index in [1.807, 2.05) is 0 Å². The van der Waals surface area contributed by atoms with Gasteiger partial charge in [-0.1, -0.05) is 13.3 Å². The minimum atomic E-state index is -0.289. The average Bonchev–Trinajstić information content (AvgIpc) is 2.70. The van der Waals surface area contributed by atoms with Crippen LogP contribution >= 0.6 is 0 Å². The van der Waals surface area contributed by atoms with Crippen LogP contribution in [0.1, 0.15) is 19.8 Å². The number of fused-ring (bicyclic) bond motifs is 1. The highest BCUT2D eigenvalue weighted by Crippen LogP contribution is 2.08. The second-order valence-electron chi connectivity index (χ2n) is 3.90. The van der Waals surface area contributed by atoms with Gasteiger partial charge in [-0.25, -0.2) is 19.3 Å². The summed E-state index contributed by atoms with van der Waals surface area (Å²) in [7, 11) is 0. The number of hydrogen-bond acceptors (Lipinski definition) is 5. The van der Waals surface area contributed by atoms with Crippen molar-refractivity contribution in [2.45, 2.75) is 25.8 Å². The summed E-state index contributed by atoms with van der Waals surface area (Å²) in [5, 5.41) is 9.46. The van der Waals surface area contributed by atoms with E-state index >= 15 is 0 Å². The van der Waals surface area contributed by atoms with Crippen LogP contribution in [0.4, 0.5) is 5.82 Å². The first-order valence-electron chi connectivity index (χ1n) is 5.64. The Kier molecular flexibility index (Phi) is 3.38. The molecule has 0 bridgehead atoms. The van der Waals surface area contributed by atoms with E-state index in [-0.39, 0.29) is 11.7 Å². The van der Waals surface area contributed by atoms with E-state index < -0.39 is 0 Å². The largest absolute Gasteiger partial charge is 0.366 e. The zero-order chi connectivity index (χ0) is 12.3. The van der Waals surface area contributed by atoms with Gasteiger partial charge in [0, 0.05) is 18.7 Å². The molecule has 0 amide bonds. The standard InChI is InChI=1S/C10H16N6O/c1-2-3-7(5-11)13-8-4-9-14-15-10(17)16(9)6-12-8/h4,6-7,13H,2-3,5,11H2,1H3,(H,15,17). The molecule has 92 valence electrons. The summed E-state index contributed by atoms with van der Waals surface area (Å²) in [4.78, 5) is 15.4. The van der Waals surface area contributed by atoms with Gasteiger partial charge in [-0.2, -0.15) is 5.10 Å². The van der Waals surface area contributed by atoms with Gasteiger partial charge in [-0.3, -0.25) is 0 Å². The molecule has 2 aromatic heterocycles. The lowest BCUT2D eigenvalue weighted by molar-refractivity contribution is 0.645. The lowest BCUT2D eigenvalue weighted by Gasteiger charge is -2.16. The van der Waals surface area contributed by atoms with E-state index in [1.54, 1.807) is 6.07 Å². The number of aromatic amines is 1. The monoisotopic (exact) mass is 236 g/mol. The molecule has 0 aromatic carbocycles. The Morgan fingerprint density at radius 3 is 3.18 bits per heavy atom. The number of anilines is 1. The molecule has 7 nitrogen and oxygen atoms in total. The smallest absolute Gasteiger partial charge is 0.348 e. The zero-order valence-electron chi connectivity index (χ0n) is 9.68. The summed E-state index contributed by atoms with van der Waals surface area (Å²) >= 11 is 0. The molecule has 1 unspecified atom stereocenters. The highest BCUT2D eigenvalue weighted by molar-refractivity contribution is 5.48. The molecule has 0 saturated carbocycles. The molecule has 0 fully saturated rings. The predicted molar refractivity (Wildman–Crippen MR) is 65.0 cm³/mol. The molecule has 17 heavy (non-hydrogen) atoms. The quantitative estimate of drug-likeness (QED) is 0.676. The van der Waals surface area contributed by atoms with Crippen molar-refractivity contribution in [3.05, 3.63) is 22.9 Å². The fraction of sp³-hybridized carbons (Fsp3) is 0.500. The number of rotatable bonds is 5. The Balaban J connectivity index is 2.21. The van der Waals surface area contributed by atoms with Gasteiger partial charge >= 0.3 is 5.69 Å². The molecule has 0 aliphatic rings. The number of nitrogens with two attached hydrogens (primary N) is 1. The maximum atomic E-state index is 11.2. The van der Waals surface area contributed by atoms with Crippen molar-refractivity contribution in [2.24, 2.45) is 5.73 Å². The van der Waals surface area contributed by atoms with Crippen LogP contribution < -0.4 is 16.7 Å². The first kappa shape index (κ1) is 11.6. The third kappa shape index (κ3) is 2.44. The number of hydrogen-bond donors (Lipinski definition) is 3. The molecule has 0 saturated heterocycles. The highest BCUT2D eigenvalue weighted by atomic mass is 16.1. The average molecular weight is 236 g/mol. The second kappa shape index (κ2) is 4.96. The van der Waals surface area contributed by atoms with Crippen LogP contribution in [0.3, 0.4) is 0 Å². The fourth-order valence-electron chi connectivity index (χ4n) is 1.70. The highest BCUT2D eigenvalue weighted by Gasteiger charge is 2.07. The van der Waals surface area contributed by atoms with Crippen LogP contribution in [0.25, 0.3) is 5.65 Å². The van der Waals surface area contributed by atoms with Crippen molar-refractivity contribution in [3.8, 4) is 0 Å². The van der Waals surface area contributed by atoms with E-state index in [0.29, 0.717) is 18.0 Å². The third-order valence-electron chi connectivity index (χ3n) is 2.58. The van der Waals surface area contributed by atoms with E-state index in [1.165, 1.54) is 10.7 Å². The molecule has 0 radical (unpaired) electrons. The Hall–Kier alpha value is -1.89. The summed E-state index contributed by atoms with van der Waals surface area (Å²) in [6.45, 7) is 2.66. The maximum absolute atomic E-state index is 11.2. The number of H-pyrrole nitrogens is 1. The van der Waals surface area contributed by atoms with Gasteiger partial charge in [-0.15, -0.1) is 0 Å². The zero-order valence-corrected chi connectivity index (χ0v) is 9.68. The normalized spacial score (nSPS) is 12.8. The van der Waals surface area contributed by atoms with Crippen molar-refractivity contribution < 1.29 is 0 Å². The van der Waals surface area contributed by atoms with Crippen LogP contribution in [0.5, 0.6) is 0 Å². The van der Waals surface area contributed by atoms with Crippen molar-refractivity contribution in [1.29, 1.82) is 0 Å². The maximum Gasteiger partial charge on any atom is 0.348 e. The number of nitrogens with one attached hydrogen (secondary N) is 2. The summed E-state index contributed by atoms with van der Waals surface area (Å²) in [5.41, 5.74) is 5.91.